The molecule has 0 bridgehead atoms. The minimum absolute atomic E-state index is 0.101. The lowest BCUT2D eigenvalue weighted by atomic mass is 10.2. The predicted molar refractivity (Wildman–Crippen MR) is 76.6 cm³/mol. The molecule has 2 rings (SSSR count). The van der Waals surface area contributed by atoms with Crippen LogP contribution in [0.1, 0.15) is 42.6 Å². The lowest BCUT2D eigenvalue weighted by molar-refractivity contribution is 0.635. The molecule has 1 atom stereocenters. The molecule has 92 valence electrons. The summed E-state index contributed by atoms with van der Waals surface area (Å²) in [5, 5.41) is 3.18. The minimum atomic E-state index is 0.101. The van der Waals surface area contributed by atoms with Gasteiger partial charge in [0.05, 0.1) is 16.6 Å². The fraction of sp³-hybridized carbons (Fsp3) is 0.462. The van der Waals surface area contributed by atoms with E-state index in [0.29, 0.717) is 0 Å². The summed E-state index contributed by atoms with van der Waals surface area (Å²) in [5.74, 6) is 0. The number of nitrogens with two attached hydrogens (primary N) is 1. The molecule has 0 fully saturated rings. The van der Waals surface area contributed by atoms with E-state index in [1.807, 2.05) is 11.3 Å². The Kier molecular flexibility index (Phi) is 4.31. The molecule has 0 amide bonds. The van der Waals surface area contributed by atoms with Gasteiger partial charge in [-0.1, -0.05) is 20.3 Å². The third kappa shape index (κ3) is 2.94. The van der Waals surface area contributed by atoms with Gasteiger partial charge in [-0.25, -0.2) is 4.98 Å². The zero-order chi connectivity index (χ0) is 12.3. The van der Waals surface area contributed by atoms with Gasteiger partial charge in [0, 0.05) is 10.3 Å². The summed E-state index contributed by atoms with van der Waals surface area (Å²) in [5.41, 5.74) is 7.16. The number of nitrogens with zero attached hydrogens (tertiary/aromatic N) is 1. The third-order valence-corrected chi connectivity index (χ3v) is 4.93. The molecule has 0 aliphatic heterocycles. The molecule has 1 unspecified atom stereocenters. The number of aromatic nitrogens is 1. The monoisotopic (exact) mass is 266 g/mol. The van der Waals surface area contributed by atoms with Gasteiger partial charge in [-0.05, 0) is 25.0 Å². The number of thiophene rings is 1. The molecule has 4 heteroatoms. The first-order valence-corrected chi connectivity index (χ1v) is 7.74. The molecule has 0 saturated heterocycles. The van der Waals surface area contributed by atoms with Crippen LogP contribution < -0.4 is 5.73 Å². The first kappa shape index (κ1) is 12.7. The number of thiazole rings is 1. The van der Waals surface area contributed by atoms with Gasteiger partial charge in [-0.3, -0.25) is 0 Å². The largest absolute Gasteiger partial charge is 0.322 e. The van der Waals surface area contributed by atoms with E-state index >= 15 is 0 Å². The van der Waals surface area contributed by atoms with Gasteiger partial charge in [0.15, 0.2) is 0 Å². The average molecular weight is 266 g/mol. The van der Waals surface area contributed by atoms with Crippen molar-refractivity contribution in [2.24, 2.45) is 5.73 Å². The van der Waals surface area contributed by atoms with Crippen molar-refractivity contribution in [2.75, 3.05) is 0 Å². The van der Waals surface area contributed by atoms with Gasteiger partial charge in [0.2, 0.25) is 0 Å². The topological polar surface area (TPSA) is 38.9 Å². The average Bonchev–Trinajstić information content (AvgIpc) is 2.98. The molecule has 2 N–H and O–H groups in total. The van der Waals surface area contributed by atoms with Crippen molar-refractivity contribution in [1.29, 1.82) is 0 Å². The van der Waals surface area contributed by atoms with Crippen LogP contribution in [-0.4, -0.2) is 4.98 Å². The van der Waals surface area contributed by atoms with E-state index in [4.69, 9.17) is 5.73 Å². The molecule has 0 spiro atoms. The molecular weight excluding hydrogens is 248 g/mol. The Bertz CT molecular complexity index is 473. The first-order valence-electron chi connectivity index (χ1n) is 6.04. The molecule has 0 aliphatic rings. The van der Waals surface area contributed by atoms with Crippen molar-refractivity contribution in [3.05, 3.63) is 27.4 Å². The fourth-order valence-electron chi connectivity index (χ4n) is 1.71. The number of aryl methyl sites for hydroxylation is 1. The van der Waals surface area contributed by atoms with Crippen LogP contribution in [0.4, 0.5) is 0 Å². The van der Waals surface area contributed by atoms with E-state index in [9.17, 15) is 0 Å². The molecule has 0 radical (unpaired) electrons. The zero-order valence-electron chi connectivity index (χ0n) is 10.3. The lowest BCUT2D eigenvalue weighted by Gasteiger charge is -2.04. The second-order valence-electron chi connectivity index (χ2n) is 4.09. The summed E-state index contributed by atoms with van der Waals surface area (Å²) in [6, 6.07) is 4.45. The van der Waals surface area contributed by atoms with E-state index in [0.717, 1.165) is 30.0 Å². The van der Waals surface area contributed by atoms with E-state index < -0.39 is 0 Å². The van der Waals surface area contributed by atoms with Gasteiger partial charge in [-0.2, -0.15) is 0 Å². The second-order valence-corrected chi connectivity index (χ2v) is 6.14. The van der Waals surface area contributed by atoms with E-state index in [1.165, 1.54) is 9.75 Å². The summed E-state index contributed by atoms with van der Waals surface area (Å²) in [7, 11) is 0. The standard InChI is InChI=1S/C13H18N2S2/c1-3-5-10(14)13-15-11(8-16-13)12-7-6-9(4-2)17-12/h6-8,10H,3-5,14H2,1-2H3. The van der Waals surface area contributed by atoms with Crippen LogP contribution in [0.5, 0.6) is 0 Å². The van der Waals surface area contributed by atoms with Crippen molar-refractivity contribution in [3.8, 4) is 10.6 Å². The van der Waals surface area contributed by atoms with E-state index in [2.05, 4.69) is 36.3 Å². The molecule has 2 aromatic heterocycles. The van der Waals surface area contributed by atoms with Crippen LogP contribution in [0.25, 0.3) is 10.6 Å². The lowest BCUT2D eigenvalue weighted by Crippen LogP contribution is -2.08. The van der Waals surface area contributed by atoms with Crippen LogP contribution in [0, 0.1) is 0 Å². The maximum atomic E-state index is 6.08. The molecular formula is C13H18N2S2. The van der Waals surface area contributed by atoms with Crippen molar-refractivity contribution >= 4 is 22.7 Å². The fourth-order valence-corrected chi connectivity index (χ4v) is 3.55. The first-order chi connectivity index (χ1) is 8.24. The second kappa shape index (κ2) is 5.76. The molecule has 2 aromatic rings. The van der Waals surface area contributed by atoms with Gasteiger partial charge in [-0.15, -0.1) is 22.7 Å². The van der Waals surface area contributed by atoms with Crippen molar-refractivity contribution < 1.29 is 0 Å². The number of hydrogen-bond acceptors (Lipinski definition) is 4. The minimum Gasteiger partial charge on any atom is -0.322 e. The Hall–Kier alpha value is -0.710. The Labute approximate surface area is 111 Å². The zero-order valence-corrected chi connectivity index (χ0v) is 11.9. The summed E-state index contributed by atoms with van der Waals surface area (Å²) in [6.07, 6.45) is 3.21. The van der Waals surface area contributed by atoms with E-state index in [1.54, 1.807) is 11.3 Å². The Morgan fingerprint density at radius 1 is 1.35 bits per heavy atom. The molecule has 2 heterocycles. The predicted octanol–water partition coefficient (Wildman–Crippen LogP) is 4.23. The summed E-state index contributed by atoms with van der Waals surface area (Å²) in [6.45, 7) is 4.33. The van der Waals surface area contributed by atoms with Gasteiger partial charge in [0.25, 0.3) is 0 Å². The number of rotatable bonds is 5. The van der Waals surface area contributed by atoms with Crippen LogP contribution >= 0.6 is 22.7 Å². The van der Waals surface area contributed by atoms with Crippen molar-refractivity contribution in [3.63, 3.8) is 0 Å². The van der Waals surface area contributed by atoms with Gasteiger partial charge >= 0.3 is 0 Å². The molecule has 0 saturated carbocycles. The van der Waals surface area contributed by atoms with Crippen LogP contribution in [0.15, 0.2) is 17.5 Å². The van der Waals surface area contributed by atoms with Gasteiger partial charge in [0.1, 0.15) is 5.01 Å². The smallest absolute Gasteiger partial charge is 0.110 e. The third-order valence-electron chi connectivity index (χ3n) is 2.70. The molecule has 17 heavy (non-hydrogen) atoms. The van der Waals surface area contributed by atoms with E-state index in [-0.39, 0.29) is 6.04 Å². The van der Waals surface area contributed by atoms with Crippen LogP contribution in [0.3, 0.4) is 0 Å². The molecule has 0 aliphatic carbocycles. The van der Waals surface area contributed by atoms with Gasteiger partial charge < -0.3 is 5.73 Å². The molecule has 0 aromatic carbocycles. The van der Waals surface area contributed by atoms with Crippen molar-refractivity contribution in [1.82, 2.24) is 4.98 Å². The summed E-state index contributed by atoms with van der Waals surface area (Å²) in [4.78, 5) is 7.32. The quantitative estimate of drug-likeness (QED) is 0.879. The Morgan fingerprint density at radius 3 is 2.82 bits per heavy atom. The maximum absolute atomic E-state index is 6.08. The Morgan fingerprint density at radius 2 is 2.18 bits per heavy atom. The SMILES string of the molecule is CCCC(N)c1nc(-c2ccc(CC)s2)cs1. The maximum Gasteiger partial charge on any atom is 0.110 e. The Balaban J connectivity index is 2.17. The van der Waals surface area contributed by atoms with Crippen LogP contribution in [-0.2, 0) is 6.42 Å². The highest BCUT2D eigenvalue weighted by Gasteiger charge is 2.12. The summed E-state index contributed by atoms with van der Waals surface area (Å²) >= 11 is 3.51. The highest BCUT2D eigenvalue weighted by molar-refractivity contribution is 7.16. The summed E-state index contributed by atoms with van der Waals surface area (Å²) < 4.78 is 0. The highest BCUT2D eigenvalue weighted by Crippen LogP contribution is 2.31. The van der Waals surface area contributed by atoms with Crippen LogP contribution in [0.2, 0.25) is 0 Å². The number of hydrogen-bond donors (Lipinski definition) is 1. The normalized spacial score (nSPS) is 12.9. The van der Waals surface area contributed by atoms with Crippen molar-refractivity contribution in [2.45, 2.75) is 39.2 Å². The molecule has 2 nitrogen and oxygen atoms in total. The highest BCUT2D eigenvalue weighted by atomic mass is 32.1.